The Morgan fingerprint density at radius 1 is 0.583 bits per heavy atom. The minimum Gasteiger partial charge on any atom is -1.00 e. The Morgan fingerprint density at radius 3 is 1.17 bits per heavy atom. The van der Waals surface area contributed by atoms with E-state index in [9.17, 15) is 0 Å². The third-order valence-corrected chi connectivity index (χ3v) is 5.08. The van der Waals surface area contributed by atoms with Crippen molar-refractivity contribution in [1.82, 2.24) is 0 Å². The van der Waals surface area contributed by atoms with E-state index in [-0.39, 0.29) is 17.0 Å². The summed E-state index contributed by atoms with van der Waals surface area (Å²) in [4.78, 5) is 0. The molecule has 0 rings (SSSR count). The molecule has 0 amide bonds. The van der Waals surface area contributed by atoms with Crippen LogP contribution in [0.15, 0.2) is 12.8 Å². The molecular formula is C22H46BrN. The van der Waals surface area contributed by atoms with E-state index in [1.807, 2.05) is 6.20 Å². The molecule has 0 aromatic rings. The summed E-state index contributed by atoms with van der Waals surface area (Å²) in [6, 6.07) is 0. The van der Waals surface area contributed by atoms with E-state index < -0.39 is 0 Å². The predicted molar refractivity (Wildman–Crippen MR) is 107 cm³/mol. The number of nitrogens with zero attached hydrogens (tertiary/aromatic N) is 1. The van der Waals surface area contributed by atoms with Crippen LogP contribution in [0, 0.1) is 0 Å². The topological polar surface area (TPSA) is 0 Å². The second-order valence-corrected chi connectivity index (χ2v) is 7.99. The van der Waals surface area contributed by atoms with Gasteiger partial charge in [-0.1, -0.05) is 96.8 Å². The van der Waals surface area contributed by atoms with Crippen LogP contribution < -0.4 is 17.0 Å². The number of unbranched alkanes of at least 4 members (excludes halogenated alkanes) is 15. The van der Waals surface area contributed by atoms with Crippen LogP contribution in [0.4, 0.5) is 0 Å². The van der Waals surface area contributed by atoms with Crippen LogP contribution >= 0.6 is 0 Å². The van der Waals surface area contributed by atoms with Gasteiger partial charge in [0.2, 0.25) is 0 Å². The second kappa shape index (κ2) is 19.5. The van der Waals surface area contributed by atoms with Crippen molar-refractivity contribution in [2.45, 2.75) is 110 Å². The molecule has 0 heterocycles. The van der Waals surface area contributed by atoms with Crippen molar-refractivity contribution < 1.29 is 21.5 Å². The van der Waals surface area contributed by atoms with Gasteiger partial charge in [-0.15, -0.1) is 0 Å². The molecule has 0 unspecified atom stereocenters. The Labute approximate surface area is 164 Å². The van der Waals surface area contributed by atoms with Crippen LogP contribution in [0.25, 0.3) is 0 Å². The van der Waals surface area contributed by atoms with E-state index in [1.165, 1.54) is 109 Å². The highest BCUT2D eigenvalue weighted by Gasteiger charge is 2.08. The molecule has 0 aromatic heterocycles. The van der Waals surface area contributed by atoms with E-state index in [0.717, 1.165) is 4.48 Å². The normalized spacial score (nSPS) is 11.3. The number of halogens is 1. The second-order valence-electron chi connectivity index (χ2n) is 7.99. The lowest BCUT2D eigenvalue weighted by Crippen LogP contribution is -3.00. The summed E-state index contributed by atoms with van der Waals surface area (Å²) < 4.78 is 0.957. The Morgan fingerprint density at radius 2 is 0.875 bits per heavy atom. The molecule has 0 aromatic carbocycles. The molecule has 0 aliphatic carbocycles. The van der Waals surface area contributed by atoms with Crippen molar-refractivity contribution in [2.24, 2.45) is 0 Å². The van der Waals surface area contributed by atoms with Gasteiger partial charge in [0.25, 0.3) is 0 Å². The zero-order valence-electron chi connectivity index (χ0n) is 17.1. The van der Waals surface area contributed by atoms with Gasteiger partial charge in [0.05, 0.1) is 26.8 Å². The van der Waals surface area contributed by atoms with Gasteiger partial charge in [-0.3, -0.25) is 0 Å². The SMILES string of the molecule is C=C[N+](C)(C)CCCCCCCCCCCCCCCCCC.[Br-]. The molecule has 0 atom stereocenters. The van der Waals surface area contributed by atoms with E-state index in [2.05, 4.69) is 27.6 Å². The summed E-state index contributed by atoms with van der Waals surface area (Å²) in [7, 11) is 4.47. The van der Waals surface area contributed by atoms with Crippen molar-refractivity contribution >= 4 is 0 Å². The smallest absolute Gasteiger partial charge is 0.0881 e. The molecule has 0 fully saturated rings. The first kappa shape index (κ1) is 26.4. The van der Waals surface area contributed by atoms with Crippen LogP contribution in [-0.2, 0) is 0 Å². The van der Waals surface area contributed by atoms with Gasteiger partial charge in [-0.25, -0.2) is 0 Å². The van der Waals surface area contributed by atoms with Gasteiger partial charge in [0, 0.05) is 0 Å². The van der Waals surface area contributed by atoms with Gasteiger partial charge in [-0.05, 0) is 19.4 Å². The van der Waals surface area contributed by atoms with E-state index >= 15 is 0 Å². The fraction of sp³-hybridized carbons (Fsp3) is 0.909. The minimum atomic E-state index is 0. The summed E-state index contributed by atoms with van der Waals surface area (Å²) in [6.45, 7) is 7.43. The highest BCUT2D eigenvalue weighted by atomic mass is 79.9. The summed E-state index contributed by atoms with van der Waals surface area (Å²) in [6.07, 6.45) is 25.1. The molecule has 0 saturated carbocycles. The molecule has 0 radical (unpaired) electrons. The Hall–Kier alpha value is 0.180. The molecule has 146 valence electrons. The molecule has 1 nitrogen and oxygen atoms in total. The number of rotatable bonds is 18. The van der Waals surface area contributed by atoms with Crippen molar-refractivity contribution in [3.8, 4) is 0 Å². The fourth-order valence-corrected chi connectivity index (χ4v) is 3.16. The molecule has 0 bridgehead atoms. The molecule has 0 N–H and O–H groups in total. The van der Waals surface area contributed by atoms with E-state index in [1.54, 1.807) is 0 Å². The van der Waals surface area contributed by atoms with Gasteiger partial charge in [-0.2, -0.15) is 0 Å². The summed E-state index contributed by atoms with van der Waals surface area (Å²) in [5.41, 5.74) is 0. The third kappa shape index (κ3) is 20.2. The lowest BCUT2D eigenvalue weighted by molar-refractivity contribution is -0.838. The van der Waals surface area contributed by atoms with Crippen molar-refractivity contribution in [3.05, 3.63) is 12.8 Å². The van der Waals surface area contributed by atoms with Crippen LogP contribution in [-0.4, -0.2) is 25.1 Å². The van der Waals surface area contributed by atoms with E-state index in [0.29, 0.717) is 0 Å². The number of hydrogen-bond donors (Lipinski definition) is 0. The first-order valence-corrected chi connectivity index (χ1v) is 10.6. The molecular weight excluding hydrogens is 358 g/mol. The average molecular weight is 405 g/mol. The average Bonchev–Trinajstić information content (AvgIpc) is 2.54. The highest BCUT2D eigenvalue weighted by Crippen LogP contribution is 2.14. The van der Waals surface area contributed by atoms with Gasteiger partial charge < -0.3 is 21.5 Å². The first-order chi connectivity index (χ1) is 11.1. The monoisotopic (exact) mass is 403 g/mol. The van der Waals surface area contributed by atoms with Crippen LogP contribution in [0.2, 0.25) is 0 Å². The maximum absolute atomic E-state index is 3.90. The van der Waals surface area contributed by atoms with Crippen molar-refractivity contribution in [3.63, 3.8) is 0 Å². The maximum atomic E-state index is 3.90. The largest absolute Gasteiger partial charge is 1.00 e. The zero-order chi connectivity index (χ0) is 17.2. The first-order valence-electron chi connectivity index (χ1n) is 10.6. The fourth-order valence-electron chi connectivity index (χ4n) is 3.16. The van der Waals surface area contributed by atoms with Crippen LogP contribution in [0.1, 0.15) is 110 Å². The number of hydrogen-bond acceptors (Lipinski definition) is 0. The molecule has 24 heavy (non-hydrogen) atoms. The summed E-state index contributed by atoms with van der Waals surface area (Å²) in [5.74, 6) is 0. The lowest BCUT2D eigenvalue weighted by Gasteiger charge is -2.24. The van der Waals surface area contributed by atoms with Crippen molar-refractivity contribution in [2.75, 3.05) is 20.6 Å². The predicted octanol–water partition coefficient (Wildman–Crippen LogP) is 4.47. The number of quaternary nitrogens is 1. The highest BCUT2D eigenvalue weighted by molar-refractivity contribution is 4.53. The van der Waals surface area contributed by atoms with E-state index in [4.69, 9.17) is 0 Å². The third-order valence-electron chi connectivity index (χ3n) is 5.08. The van der Waals surface area contributed by atoms with Crippen LogP contribution in [0.5, 0.6) is 0 Å². The molecule has 0 spiro atoms. The molecule has 0 aliphatic heterocycles. The van der Waals surface area contributed by atoms with Gasteiger partial charge in [0.1, 0.15) is 0 Å². The minimum absolute atomic E-state index is 0. The van der Waals surface area contributed by atoms with Crippen molar-refractivity contribution in [1.29, 1.82) is 0 Å². The standard InChI is InChI=1S/C22H46N.BrH/c1-5-7-8-9-10-11-12-13-14-15-16-17-18-19-20-21-22-23(3,4)6-2;/h6H,2,5,7-22H2,1,3-4H3;1H/q+1;/p-1. The molecule has 0 saturated heterocycles. The Balaban J connectivity index is 0. The Bertz CT molecular complexity index is 250. The Kier molecular flexibility index (Phi) is 21.5. The maximum Gasteiger partial charge on any atom is 0.0881 e. The van der Waals surface area contributed by atoms with Gasteiger partial charge in [0.15, 0.2) is 0 Å². The van der Waals surface area contributed by atoms with Gasteiger partial charge >= 0.3 is 0 Å². The van der Waals surface area contributed by atoms with Crippen LogP contribution in [0.3, 0.4) is 0 Å². The summed E-state index contributed by atoms with van der Waals surface area (Å²) in [5, 5.41) is 0. The zero-order valence-corrected chi connectivity index (χ0v) is 18.7. The molecule has 2 heteroatoms. The summed E-state index contributed by atoms with van der Waals surface area (Å²) >= 11 is 0. The molecule has 0 aliphatic rings. The quantitative estimate of drug-likeness (QED) is 0.234. The lowest BCUT2D eigenvalue weighted by atomic mass is 10.0.